The number of rotatable bonds is 64. The average molecular weight is 2050 g/mol. The van der Waals surface area contributed by atoms with Crippen LogP contribution in [0.15, 0.2) is 243 Å². The lowest BCUT2D eigenvalue weighted by Crippen LogP contribution is -2.25. The third-order valence-corrected chi connectivity index (χ3v) is 42.0. The molecule has 0 spiro atoms. The highest BCUT2D eigenvalue weighted by Crippen LogP contribution is 2.62. The first-order valence-corrected chi connectivity index (χ1v) is 64.6. The Balaban J connectivity index is 0.000000200. The minimum atomic E-state index is 0.106. The second-order valence-electron chi connectivity index (χ2n) is 44.7. The first kappa shape index (κ1) is 109. The summed E-state index contributed by atoms with van der Waals surface area (Å²) < 4.78 is 0. The van der Waals surface area contributed by atoms with E-state index in [1.54, 1.807) is 44.5 Å². The van der Waals surface area contributed by atoms with E-state index in [0.717, 1.165) is 0 Å². The van der Waals surface area contributed by atoms with Crippen LogP contribution in [0.4, 0.5) is 0 Å². The summed E-state index contributed by atoms with van der Waals surface area (Å²) in [4.78, 5) is 16.6. The average Bonchev–Trinajstić information content (AvgIpc) is 1.58. The van der Waals surface area contributed by atoms with Crippen molar-refractivity contribution in [3.63, 3.8) is 0 Å². The van der Waals surface area contributed by atoms with Crippen LogP contribution in [0.25, 0.3) is 125 Å². The lowest BCUT2D eigenvalue weighted by Gasteiger charge is -2.33. The Morgan fingerprint density at radius 1 is 0.130 bits per heavy atom. The zero-order valence-electron chi connectivity index (χ0n) is 91.1. The van der Waals surface area contributed by atoms with Crippen molar-refractivity contribution < 1.29 is 0 Å². The lowest BCUT2D eigenvalue weighted by atomic mass is 9.70. The van der Waals surface area contributed by atoms with E-state index < -0.39 is 0 Å². The Labute approximate surface area is 909 Å². The Morgan fingerprint density at radius 3 is 0.438 bits per heavy atom. The van der Waals surface area contributed by atoms with Gasteiger partial charge in [-0.25, -0.2) is 0 Å². The molecular weight excluding hydrogens is 1870 g/mol. The van der Waals surface area contributed by atoms with Gasteiger partial charge >= 0.3 is 0 Å². The molecule has 772 valence electrons. The van der Waals surface area contributed by atoms with Crippen LogP contribution < -0.4 is 0 Å². The molecule has 0 bridgehead atoms. The summed E-state index contributed by atoms with van der Waals surface area (Å²) in [5.74, 6) is 0. The maximum Gasteiger partial charge on any atom is 0.0449 e. The largest absolute Gasteiger partial charge is 0.134 e. The zero-order valence-corrected chi connectivity index (χ0v) is 96.0. The first-order chi connectivity index (χ1) is 72.1. The van der Waals surface area contributed by atoms with Crippen molar-refractivity contribution in [2.45, 2.75) is 437 Å². The number of unbranched alkanes of at least 4 members (excludes halogenated alkanes) is 40. The number of fused-ring (bicyclic) bond motifs is 12. The van der Waals surface area contributed by atoms with Gasteiger partial charge in [-0.05, 0) is 260 Å². The summed E-state index contributed by atoms with van der Waals surface area (Å²) in [7, 11) is 0. The van der Waals surface area contributed by atoms with E-state index in [0.29, 0.717) is 0 Å². The molecule has 0 unspecified atom stereocenters. The molecule has 6 heterocycles. The van der Waals surface area contributed by atoms with Gasteiger partial charge in [0.25, 0.3) is 0 Å². The molecule has 6 heteroatoms. The number of thiophene rings is 6. The lowest BCUT2D eigenvalue weighted by molar-refractivity contribution is 0.398. The van der Waals surface area contributed by atoms with Crippen LogP contribution in [-0.4, -0.2) is 0 Å². The smallest absolute Gasteiger partial charge is 0.0449 e. The van der Waals surface area contributed by atoms with Gasteiger partial charge in [0, 0.05) is 80.2 Å². The van der Waals surface area contributed by atoms with Gasteiger partial charge in [-0.1, -0.05) is 509 Å². The molecule has 0 N–H and O–H groups in total. The maximum absolute atomic E-state index is 2.64. The van der Waals surface area contributed by atoms with Crippen molar-refractivity contribution in [1.82, 2.24) is 0 Å². The maximum atomic E-state index is 2.64. The van der Waals surface area contributed by atoms with Gasteiger partial charge in [-0.2, -0.15) is 0 Å². The molecule has 0 fully saturated rings. The van der Waals surface area contributed by atoms with Crippen LogP contribution in [0.1, 0.15) is 459 Å². The second kappa shape index (κ2) is 55.3. The Hall–Kier alpha value is -8.04. The zero-order chi connectivity index (χ0) is 101. The van der Waals surface area contributed by atoms with Gasteiger partial charge in [-0.15, -0.1) is 68.0 Å². The summed E-state index contributed by atoms with van der Waals surface area (Å²) in [6.07, 6.45) is 74.8. The van der Waals surface area contributed by atoms with Gasteiger partial charge in [0.1, 0.15) is 0 Å². The highest BCUT2D eigenvalue weighted by atomic mass is 32.1. The third-order valence-electron chi connectivity index (χ3n) is 34.5. The molecule has 0 radical (unpaired) electrons. The van der Waals surface area contributed by atoms with Gasteiger partial charge < -0.3 is 0 Å². The molecule has 4 aliphatic carbocycles. The summed E-state index contributed by atoms with van der Waals surface area (Å²) >= 11 is 11.8. The van der Waals surface area contributed by atoms with Crippen LogP contribution in [-0.2, 0) is 21.7 Å². The Morgan fingerprint density at radius 2 is 0.267 bits per heavy atom. The minimum Gasteiger partial charge on any atom is -0.134 e. The molecule has 0 atom stereocenters. The molecule has 146 heavy (non-hydrogen) atoms. The molecule has 8 aromatic carbocycles. The summed E-state index contributed by atoms with van der Waals surface area (Å²) in [6, 6.07) is 96.8. The van der Waals surface area contributed by atoms with Crippen molar-refractivity contribution in [2.75, 3.05) is 0 Å². The van der Waals surface area contributed by atoms with Gasteiger partial charge in [0.05, 0.1) is 0 Å². The highest BCUT2D eigenvalue weighted by Gasteiger charge is 2.47. The van der Waals surface area contributed by atoms with E-state index in [2.05, 4.69) is 298 Å². The van der Waals surface area contributed by atoms with E-state index in [9.17, 15) is 0 Å². The summed E-state index contributed by atoms with van der Waals surface area (Å²) in [6.45, 7) is 18.7. The molecule has 0 nitrogen and oxygen atoms in total. The van der Waals surface area contributed by atoms with Crippen LogP contribution in [0.3, 0.4) is 0 Å². The number of benzene rings is 8. The molecule has 0 saturated heterocycles. The highest BCUT2D eigenvalue weighted by molar-refractivity contribution is 7.28. The number of hydrogen-bond donors (Lipinski definition) is 0. The quantitative estimate of drug-likeness (QED) is 0.0333. The summed E-state index contributed by atoms with van der Waals surface area (Å²) in [5, 5.41) is 0. The van der Waals surface area contributed by atoms with Crippen LogP contribution in [0, 0.1) is 0 Å². The van der Waals surface area contributed by atoms with Gasteiger partial charge in [0.2, 0.25) is 0 Å². The molecule has 0 saturated carbocycles. The van der Waals surface area contributed by atoms with Crippen molar-refractivity contribution >= 4 is 68.0 Å². The topological polar surface area (TPSA) is 0 Å². The number of hydrogen-bond acceptors (Lipinski definition) is 6. The molecule has 14 aromatic rings. The molecular formula is C140H176S6. The van der Waals surface area contributed by atoms with E-state index in [1.807, 2.05) is 68.0 Å². The van der Waals surface area contributed by atoms with E-state index in [4.69, 9.17) is 0 Å². The first-order valence-electron chi connectivity index (χ1n) is 59.7. The molecule has 0 aliphatic heterocycles. The minimum absolute atomic E-state index is 0.106. The fourth-order valence-electron chi connectivity index (χ4n) is 26.5. The van der Waals surface area contributed by atoms with Crippen LogP contribution >= 0.6 is 68.0 Å². The molecule has 0 amide bonds. The van der Waals surface area contributed by atoms with E-state index in [1.165, 1.54) is 485 Å². The Kier molecular flexibility index (Phi) is 41.4. The van der Waals surface area contributed by atoms with Gasteiger partial charge in [-0.3, -0.25) is 0 Å². The Bertz CT molecular complexity index is 5520. The van der Waals surface area contributed by atoms with Gasteiger partial charge in [0.15, 0.2) is 0 Å². The normalized spacial score (nSPS) is 13.9. The van der Waals surface area contributed by atoms with Crippen molar-refractivity contribution in [2.24, 2.45) is 0 Å². The second-order valence-corrected chi connectivity index (χ2v) is 51.2. The van der Waals surface area contributed by atoms with Crippen molar-refractivity contribution in [1.29, 1.82) is 0 Å². The van der Waals surface area contributed by atoms with Crippen molar-refractivity contribution in [3.8, 4) is 125 Å². The molecule has 18 rings (SSSR count). The van der Waals surface area contributed by atoms with Crippen LogP contribution in [0.2, 0.25) is 0 Å². The van der Waals surface area contributed by atoms with E-state index >= 15 is 0 Å². The standard InChI is InChI=1S/2C70H88S3/c2*1-5-9-13-17-21-29-47-69(48-30-22-18-14-10-6-2)59-35-27-25-33-55(59)57-39-37-53(51-61(57)69)63-41-43-65(71-63)67-45-46-68(73-67)66-44-42-64(72-66)54-38-40-58-56-34-26-28-36-60(56)70(62(58)52-54,49-31-23-19-15-11-7-3)50-32-24-20-16-12-8-4/h2*25-28,33-46,51-52H,5-24,29-32,47-50H2,1-4H3. The predicted octanol–water partition coefficient (Wildman–Crippen LogP) is 48.1. The SMILES string of the molecule is CCCCCCCCC1(CCCCCCCC)c2ccccc2-c2ccc(-c3ccc(-c4ccc(-c5ccc(-c6ccc7c(c6)C(CCCCCCCC)(CCCCCCCC)c6ccccc6-7)s5)s4)s3)cc21.CCCCCCCCC1(CCCCCCCC)c2ccccc2-c2ccc(-c3ccc(-c4ccc(-c5ccc(-c6ccc7c(c6)C(CCCCCCCC)(CCCCCCCC)c6ccccc6-7)s5)s4)s3)cc21. The summed E-state index contributed by atoms with van der Waals surface area (Å²) in [5.41, 5.74) is 30.6. The van der Waals surface area contributed by atoms with Crippen LogP contribution in [0.5, 0.6) is 0 Å². The molecule has 6 aromatic heterocycles. The monoisotopic (exact) mass is 2050 g/mol. The fraction of sp³-hybridized carbons (Fsp3) is 0.486. The fourth-order valence-corrected chi connectivity index (χ4v) is 32.8. The van der Waals surface area contributed by atoms with Crippen molar-refractivity contribution in [3.05, 3.63) is 287 Å². The van der Waals surface area contributed by atoms with E-state index in [-0.39, 0.29) is 21.7 Å². The molecule has 4 aliphatic rings. The third kappa shape index (κ3) is 25.8. The predicted molar refractivity (Wildman–Crippen MR) is 652 cm³/mol.